The van der Waals surface area contributed by atoms with E-state index in [9.17, 15) is 0 Å². The lowest BCUT2D eigenvalue weighted by Gasteiger charge is -1.98. The second-order valence-corrected chi connectivity index (χ2v) is 6.21. The quantitative estimate of drug-likeness (QED) is 0.574. The van der Waals surface area contributed by atoms with E-state index in [0.717, 1.165) is 4.91 Å². The summed E-state index contributed by atoms with van der Waals surface area (Å²) in [4.78, 5) is 1.02. The molecule has 2 aliphatic heterocycles. The van der Waals surface area contributed by atoms with Crippen LogP contribution in [0.2, 0.25) is 0 Å². The van der Waals surface area contributed by atoms with Crippen LogP contribution in [0.4, 0.5) is 0 Å². The van der Waals surface area contributed by atoms with Gasteiger partial charge in [0.15, 0.2) is 0 Å². The van der Waals surface area contributed by atoms with Gasteiger partial charge < -0.3 is 0 Å². The van der Waals surface area contributed by atoms with E-state index in [1.54, 1.807) is 47.0 Å². The molecule has 0 amide bonds. The van der Waals surface area contributed by atoms with Gasteiger partial charge in [0.2, 0.25) is 0 Å². The van der Waals surface area contributed by atoms with E-state index in [0.29, 0.717) is 0 Å². The number of rotatable bonds is 0. The van der Waals surface area contributed by atoms with Crippen LogP contribution in [0.3, 0.4) is 0 Å². The number of thioether (sulfide) groups is 4. The molecule has 0 fully saturated rings. The monoisotopic (exact) mass is 228 g/mol. The molecule has 0 saturated heterocycles. The SMILES string of the molecule is C#CC1=CSC(=C2SC=CS2)S1. The first-order chi connectivity index (χ1) is 5.90. The fourth-order valence-corrected chi connectivity index (χ4v) is 4.93. The van der Waals surface area contributed by atoms with Gasteiger partial charge in [-0.2, -0.15) is 0 Å². The zero-order chi connectivity index (χ0) is 8.39. The predicted octanol–water partition coefficient (Wildman–Crippen LogP) is 4.02. The zero-order valence-electron chi connectivity index (χ0n) is 5.94. The maximum Gasteiger partial charge on any atom is 0.0707 e. The minimum atomic E-state index is 1.02. The highest BCUT2D eigenvalue weighted by Gasteiger charge is 2.17. The molecule has 0 aromatic rings. The van der Waals surface area contributed by atoms with E-state index >= 15 is 0 Å². The normalized spacial score (nSPS) is 21.4. The maximum atomic E-state index is 5.29. The van der Waals surface area contributed by atoms with Crippen LogP contribution < -0.4 is 0 Å². The second-order valence-electron chi connectivity index (χ2n) is 1.93. The minimum absolute atomic E-state index is 1.02. The number of allylic oxidation sites excluding steroid dienone is 1. The van der Waals surface area contributed by atoms with Crippen LogP contribution in [-0.4, -0.2) is 0 Å². The maximum absolute atomic E-state index is 5.29. The van der Waals surface area contributed by atoms with Crippen LogP contribution in [-0.2, 0) is 0 Å². The molecule has 0 aromatic heterocycles. The summed E-state index contributed by atoms with van der Waals surface area (Å²) < 4.78 is 2.68. The Kier molecular flexibility index (Phi) is 2.87. The summed E-state index contributed by atoms with van der Waals surface area (Å²) in [6.45, 7) is 0. The molecule has 0 atom stereocenters. The largest absolute Gasteiger partial charge is 0.114 e. The Bertz CT molecular complexity index is 319. The highest BCUT2D eigenvalue weighted by Crippen LogP contribution is 2.52. The molecule has 60 valence electrons. The van der Waals surface area contributed by atoms with E-state index < -0.39 is 0 Å². The Labute approximate surface area is 88.7 Å². The zero-order valence-corrected chi connectivity index (χ0v) is 9.21. The Morgan fingerprint density at radius 2 is 1.83 bits per heavy atom. The average Bonchev–Trinajstić information content (AvgIpc) is 2.75. The van der Waals surface area contributed by atoms with Crippen molar-refractivity contribution in [2.75, 3.05) is 0 Å². The molecule has 0 radical (unpaired) electrons. The summed E-state index contributed by atoms with van der Waals surface area (Å²) in [7, 11) is 0. The molecule has 0 N–H and O–H groups in total. The lowest BCUT2D eigenvalue weighted by molar-refractivity contribution is 2.20. The Balaban J connectivity index is 2.12. The molecule has 4 heteroatoms. The number of terminal acetylenes is 1. The van der Waals surface area contributed by atoms with Crippen LogP contribution in [0.1, 0.15) is 0 Å². The third-order valence-electron chi connectivity index (χ3n) is 1.19. The first-order valence-electron chi connectivity index (χ1n) is 3.14. The van der Waals surface area contributed by atoms with Crippen molar-refractivity contribution < 1.29 is 0 Å². The van der Waals surface area contributed by atoms with Crippen molar-refractivity contribution in [2.45, 2.75) is 0 Å². The highest BCUT2D eigenvalue weighted by molar-refractivity contribution is 8.33. The van der Waals surface area contributed by atoms with Gasteiger partial charge >= 0.3 is 0 Å². The second kappa shape index (κ2) is 3.93. The molecule has 0 nitrogen and oxygen atoms in total. The average molecular weight is 228 g/mol. The van der Waals surface area contributed by atoms with Gasteiger partial charge in [-0.15, -0.1) is 6.42 Å². The lowest BCUT2D eigenvalue weighted by atomic mass is 10.7. The Morgan fingerprint density at radius 3 is 2.42 bits per heavy atom. The summed E-state index contributed by atoms with van der Waals surface area (Å²) in [6.07, 6.45) is 5.29. The van der Waals surface area contributed by atoms with Crippen molar-refractivity contribution in [3.63, 3.8) is 0 Å². The van der Waals surface area contributed by atoms with Gasteiger partial charge in [-0.1, -0.05) is 53.0 Å². The third kappa shape index (κ3) is 1.74. The van der Waals surface area contributed by atoms with E-state index in [4.69, 9.17) is 6.42 Å². The summed E-state index contributed by atoms with van der Waals surface area (Å²) in [5.74, 6) is 2.65. The van der Waals surface area contributed by atoms with Gasteiger partial charge in [0.1, 0.15) is 0 Å². The van der Waals surface area contributed by atoms with Crippen molar-refractivity contribution in [3.05, 3.63) is 29.6 Å². The lowest BCUT2D eigenvalue weighted by Crippen LogP contribution is -1.65. The number of hydrogen-bond donors (Lipinski definition) is 0. The molecule has 12 heavy (non-hydrogen) atoms. The van der Waals surface area contributed by atoms with Crippen LogP contribution >= 0.6 is 47.0 Å². The van der Waals surface area contributed by atoms with Crippen molar-refractivity contribution in [1.82, 2.24) is 0 Å². The third-order valence-corrected chi connectivity index (χ3v) is 6.14. The number of hydrogen-bond acceptors (Lipinski definition) is 4. The van der Waals surface area contributed by atoms with E-state index in [2.05, 4.69) is 16.7 Å². The van der Waals surface area contributed by atoms with Gasteiger partial charge in [-0.3, -0.25) is 0 Å². The van der Waals surface area contributed by atoms with Crippen molar-refractivity contribution in [2.24, 2.45) is 0 Å². The first-order valence-corrected chi connectivity index (χ1v) is 6.59. The van der Waals surface area contributed by atoms with Gasteiger partial charge in [-0.25, -0.2) is 0 Å². The van der Waals surface area contributed by atoms with Gasteiger partial charge in [-0.05, 0) is 16.2 Å². The fraction of sp³-hybridized carbons (Fsp3) is 0. The Morgan fingerprint density at radius 1 is 1.08 bits per heavy atom. The molecule has 2 heterocycles. The van der Waals surface area contributed by atoms with E-state index in [1.165, 1.54) is 8.47 Å². The van der Waals surface area contributed by atoms with E-state index in [1.807, 2.05) is 5.41 Å². The molecule has 0 saturated carbocycles. The van der Waals surface area contributed by atoms with E-state index in [-0.39, 0.29) is 0 Å². The minimum Gasteiger partial charge on any atom is -0.114 e. The topological polar surface area (TPSA) is 0 Å². The molecule has 0 aromatic carbocycles. The first kappa shape index (κ1) is 8.76. The summed E-state index contributed by atoms with van der Waals surface area (Å²) >= 11 is 6.96. The fourth-order valence-electron chi connectivity index (χ4n) is 0.711. The molecular formula is C8H4S4. The van der Waals surface area contributed by atoms with Crippen LogP contribution in [0.15, 0.2) is 29.6 Å². The van der Waals surface area contributed by atoms with Crippen LogP contribution in [0.25, 0.3) is 0 Å². The van der Waals surface area contributed by atoms with Crippen molar-refractivity contribution >= 4 is 47.0 Å². The molecule has 0 bridgehead atoms. The molecule has 0 unspecified atom stereocenters. The van der Waals surface area contributed by atoms with Crippen molar-refractivity contribution in [1.29, 1.82) is 0 Å². The molecule has 0 spiro atoms. The predicted molar refractivity (Wildman–Crippen MR) is 63.4 cm³/mol. The van der Waals surface area contributed by atoms with Gasteiger partial charge in [0, 0.05) is 0 Å². The molecule has 2 aliphatic rings. The standard InChI is InChI=1S/C8H4S4/c1-2-6-5-11-8(12-6)7-9-3-4-10-7/h1,3-5H. The van der Waals surface area contributed by atoms with Gasteiger partial charge in [0.25, 0.3) is 0 Å². The van der Waals surface area contributed by atoms with Crippen LogP contribution in [0, 0.1) is 12.3 Å². The molecule has 2 rings (SSSR count). The molecule has 0 aliphatic carbocycles. The van der Waals surface area contributed by atoms with Crippen LogP contribution in [0.5, 0.6) is 0 Å². The smallest absolute Gasteiger partial charge is 0.0707 e. The van der Waals surface area contributed by atoms with Gasteiger partial charge in [0.05, 0.1) is 13.4 Å². The summed E-state index contributed by atoms with van der Waals surface area (Å²) in [5, 5.41) is 6.23. The molecular weight excluding hydrogens is 224 g/mol. The highest BCUT2D eigenvalue weighted by atomic mass is 32.2. The summed E-state index contributed by atoms with van der Waals surface area (Å²) in [5.41, 5.74) is 0. The summed E-state index contributed by atoms with van der Waals surface area (Å²) in [6, 6.07) is 0. The van der Waals surface area contributed by atoms with Crippen molar-refractivity contribution in [3.8, 4) is 12.3 Å². The Hall–Kier alpha value is 0.180.